The molecule has 9 aromatic carbocycles. The number of nitrogens with zero attached hydrogens (tertiary/aromatic N) is 1. The number of furan rings is 2. The van der Waals surface area contributed by atoms with Gasteiger partial charge in [-0.2, -0.15) is 0 Å². The van der Waals surface area contributed by atoms with Gasteiger partial charge in [0.05, 0.1) is 17.6 Å². The SMILES string of the molecule is c1ccc(-c2ccc3cc4c(cc3c2)-c2cc3cc(N(c5c(-c6ccccc6)ccc6occc56)c5cccc6c5oc5ccccc56)ccc3cc2-4)cc1. The number of anilines is 3. The van der Waals surface area contributed by atoms with Gasteiger partial charge in [-0.05, 0) is 133 Å². The van der Waals surface area contributed by atoms with E-state index in [4.69, 9.17) is 8.83 Å². The van der Waals surface area contributed by atoms with Crippen LogP contribution in [0.3, 0.4) is 0 Å². The molecule has 3 nitrogen and oxygen atoms in total. The molecule has 0 atom stereocenters. The summed E-state index contributed by atoms with van der Waals surface area (Å²) in [5.74, 6) is 0. The monoisotopic (exact) mass is 701 g/mol. The minimum Gasteiger partial charge on any atom is -0.464 e. The van der Waals surface area contributed by atoms with Crippen LogP contribution in [0.1, 0.15) is 0 Å². The zero-order valence-electron chi connectivity index (χ0n) is 29.7. The van der Waals surface area contributed by atoms with E-state index in [1.54, 1.807) is 6.26 Å². The summed E-state index contributed by atoms with van der Waals surface area (Å²) in [5.41, 5.74) is 15.5. The Balaban J connectivity index is 1.07. The van der Waals surface area contributed by atoms with E-state index in [2.05, 4.69) is 175 Å². The lowest BCUT2D eigenvalue weighted by molar-refractivity contribution is 0.616. The van der Waals surface area contributed by atoms with Gasteiger partial charge in [0.25, 0.3) is 0 Å². The highest BCUT2D eigenvalue weighted by molar-refractivity contribution is 6.15. The summed E-state index contributed by atoms with van der Waals surface area (Å²) in [7, 11) is 0. The third-order valence-corrected chi connectivity index (χ3v) is 11.4. The predicted octanol–water partition coefficient (Wildman–Crippen LogP) is 15.1. The first kappa shape index (κ1) is 30.1. The molecule has 0 amide bonds. The molecule has 0 N–H and O–H groups in total. The van der Waals surface area contributed by atoms with Crippen molar-refractivity contribution in [1.82, 2.24) is 0 Å². The molecule has 12 rings (SSSR count). The van der Waals surface area contributed by atoms with E-state index in [1.807, 2.05) is 12.1 Å². The van der Waals surface area contributed by atoms with Crippen LogP contribution in [0.15, 0.2) is 197 Å². The number of para-hydroxylation sites is 2. The van der Waals surface area contributed by atoms with E-state index in [9.17, 15) is 0 Å². The first-order chi connectivity index (χ1) is 27.2. The largest absolute Gasteiger partial charge is 0.464 e. The zero-order chi connectivity index (χ0) is 36.0. The molecule has 256 valence electrons. The number of rotatable bonds is 5. The summed E-state index contributed by atoms with van der Waals surface area (Å²) in [5, 5.41) is 8.12. The number of fused-ring (bicyclic) bond motifs is 10. The van der Waals surface area contributed by atoms with E-state index in [-0.39, 0.29) is 0 Å². The highest BCUT2D eigenvalue weighted by Crippen LogP contribution is 2.52. The molecule has 0 aliphatic heterocycles. The molecule has 0 unspecified atom stereocenters. The van der Waals surface area contributed by atoms with Crippen molar-refractivity contribution in [2.45, 2.75) is 0 Å². The van der Waals surface area contributed by atoms with Gasteiger partial charge in [0.15, 0.2) is 5.58 Å². The van der Waals surface area contributed by atoms with Crippen LogP contribution in [-0.2, 0) is 0 Å². The molecule has 0 saturated carbocycles. The summed E-state index contributed by atoms with van der Waals surface area (Å²) in [6.45, 7) is 0. The Morgan fingerprint density at radius 1 is 0.364 bits per heavy atom. The van der Waals surface area contributed by atoms with E-state index in [0.29, 0.717) is 0 Å². The summed E-state index contributed by atoms with van der Waals surface area (Å²) >= 11 is 0. The average molecular weight is 702 g/mol. The second-order valence-electron chi connectivity index (χ2n) is 14.5. The lowest BCUT2D eigenvalue weighted by Gasteiger charge is -2.29. The second kappa shape index (κ2) is 11.6. The minimum atomic E-state index is 0.831. The molecule has 0 saturated heterocycles. The van der Waals surface area contributed by atoms with Gasteiger partial charge in [-0.25, -0.2) is 0 Å². The van der Waals surface area contributed by atoms with Gasteiger partial charge in [0, 0.05) is 27.4 Å². The van der Waals surface area contributed by atoms with Gasteiger partial charge < -0.3 is 13.7 Å². The Hall–Kier alpha value is -7.36. The van der Waals surface area contributed by atoms with E-state index >= 15 is 0 Å². The van der Waals surface area contributed by atoms with E-state index in [0.717, 1.165) is 61.1 Å². The highest BCUT2D eigenvalue weighted by atomic mass is 16.3. The van der Waals surface area contributed by atoms with Gasteiger partial charge in [0.2, 0.25) is 0 Å². The topological polar surface area (TPSA) is 29.5 Å². The first-order valence-corrected chi connectivity index (χ1v) is 18.7. The maximum absolute atomic E-state index is 6.72. The van der Waals surface area contributed by atoms with Crippen molar-refractivity contribution in [1.29, 1.82) is 0 Å². The Morgan fingerprint density at radius 3 is 1.80 bits per heavy atom. The fourth-order valence-electron chi connectivity index (χ4n) is 8.78. The molecular weight excluding hydrogens is 671 g/mol. The molecule has 0 radical (unpaired) electrons. The van der Waals surface area contributed by atoms with Gasteiger partial charge in [0.1, 0.15) is 11.2 Å². The van der Waals surface area contributed by atoms with Crippen LogP contribution >= 0.6 is 0 Å². The molecule has 0 fully saturated rings. The van der Waals surface area contributed by atoms with Crippen LogP contribution in [0.5, 0.6) is 0 Å². The Bertz CT molecular complexity index is 3320. The van der Waals surface area contributed by atoms with Crippen molar-refractivity contribution in [3.05, 3.63) is 188 Å². The third kappa shape index (κ3) is 4.57. The molecule has 3 heteroatoms. The fourth-order valence-corrected chi connectivity index (χ4v) is 8.78. The molecule has 0 bridgehead atoms. The van der Waals surface area contributed by atoms with Gasteiger partial charge in [-0.15, -0.1) is 0 Å². The predicted molar refractivity (Wildman–Crippen MR) is 228 cm³/mol. The van der Waals surface area contributed by atoms with Crippen molar-refractivity contribution < 1.29 is 8.83 Å². The Kier molecular flexibility index (Phi) is 6.34. The van der Waals surface area contributed by atoms with Gasteiger partial charge in [-0.1, -0.05) is 109 Å². The van der Waals surface area contributed by atoms with Crippen molar-refractivity contribution in [3.63, 3.8) is 0 Å². The van der Waals surface area contributed by atoms with Crippen LogP contribution in [-0.4, -0.2) is 0 Å². The molecular formula is C52H31NO2. The minimum absolute atomic E-state index is 0.831. The summed E-state index contributed by atoms with van der Waals surface area (Å²) < 4.78 is 12.8. The second-order valence-corrected chi connectivity index (χ2v) is 14.5. The summed E-state index contributed by atoms with van der Waals surface area (Å²) in [4.78, 5) is 2.37. The zero-order valence-corrected chi connectivity index (χ0v) is 29.7. The Morgan fingerprint density at radius 2 is 1.02 bits per heavy atom. The maximum atomic E-state index is 6.72. The van der Waals surface area contributed by atoms with E-state index < -0.39 is 0 Å². The standard InChI is InChI=1S/C52H31NO2/c1-3-10-32(11-4-1)34-18-19-35-28-44-45-29-36-20-21-39(27-38(36)31-47(45)46(44)30-37(35)26-34)53(48-16-9-15-42-41-14-7-8-17-50(41)55-52(42)48)51-40(33-12-5-2-6-13-33)22-23-49-43(51)24-25-54-49/h1-31H. The quantitative estimate of drug-likeness (QED) is 0.179. The van der Waals surface area contributed by atoms with Crippen molar-refractivity contribution in [3.8, 4) is 44.5 Å². The maximum Gasteiger partial charge on any atom is 0.159 e. The van der Waals surface area contributed by atoms with Gasteiger partial charge >= 0.3 is 0 Å². The molecule has 1 aliphatic carbocycles. The lowest BCUT2D eigenvalue weighted by Crippen LogP contribution is -2.12. The normalized spacial score (nSPS) is 12.0. The molecule has 1 aliphatic rings. The van der Waals surface area contributed by atoms with Crippen LogP contribution < -0.4 is 4.90 Å². The van der Waals surface area contributed by atoms with E-state index in [1.165, 1.54) is 54.9 Å². The molecule has 2 heterocycles. The molecule has 2 aromatic heterocycles. The van der Waals surface area contributed by atoms with Crippen LogP contribution in [0.25, 0.3) is 99.0 Å². The Labute approximate surface area is 316 Å². The molecule has 55 heavy (non-hydrogen) atoms. The van der Waals surface area contributed by atoms with Crippen LogP contribution in [0.4, 0.5) is 17.1 Å². The summed E-state index contributed by atoms with van der Waals surface area (Å²) in [6, 6.07) is 65.4. The number of benzene rings is 9. The van der Waals surface area contributed by atoms with Crippen molar-refractivity contribution in [2.24, 2.45) is 0 Å². The number of hydrogen-bond donors (Lipinski definition) is 0. The lowest BCUT2D eigenvalue weighted by atomic mass is 9.77. The molecule has 11 aromatic rings. The summed E-state index contributed by atoms with van der Waals surface area (Å²) in [6.07, 6.45) is 1.78. The first-order valence-electron chi connectivity index (χ1n) is 18.7. The fraction of sp³-hybridized carbons (Fsp3) is 0. The van der Waals surface area contributed by atoms with Crippen LogP contribution in [0.2, 0.25) is 0 Å². The van der Waals surface area contributed by atoms with Crippen LogP contribution in [0, 0.1) is 0 Å². The van der Waals surface area contributed by atoms with Crippen molar-refractivity contribution >= 4 is 71.5 Å². The smallest absolute Gasteiger partial charge is 0.159 e. The highest BCUT2D eigenvalue weighted by Gasteiger charge is 2.27. The van der Waals surface area contributed by atoms with Crippen molar-refractivity contribution in [2.75, 3.05) is 4.90 Å². The van der Waals surface area contributed by atoms with Gasteiger partial charge in [-0.3, -0.25) is 0 Å². The third-order valence-electron chi connectivity index (χ3n) is 11.4. The number of hydrogen-bond acceptors (Lipinski definition) is 3. The average Bonchev–Trinajstić information content (AvgIpc) is 3.89. The molecule has 0 spiro atoms.